The van der Waals surface area contributed by atoms with Crippen LogP contribution in [-0.4, -0.2) is 22.2 Å². The number of carbonyl (C=O) groups excluding carboxylic acids is 1. The van der Waals surface area contributed by atoms with Crippen LogP contribution in [0, 0.1) is 22.5 Å². The van der Waals surface area contributed by atoms with Crippen LogP contribution in [0.3, 0.4) is 0 Å². The van der Waals surface area contributed by atoms with Crippen molar-refractivity contribution in [3.8, 4) is 23.8 Å². The summed E-state index contributed by atoms with van der Waals surface area (Å²) in [6.07, 6.45) is 8.33. The molecule has 9 heteroatoms. The molecule has 0 fully saturated rings. The average molecular weight is 407 g/mol. The van der Waals surface area contributed by atoms with E-state index in [4.69, 9.17) is 15.9 Å². The molecule has 2 heterocycles. The lowest BCUT2D eigenvalue weighted by Crippen LogP contribution is -2.15. The highest BCUT2D eigenvalue weighted by Gasteiger charge is 2.17. The Morgan fingerprint density at radius 2 is 2.03 bits per heavy atom. The van der Waals surface area contributed by atoms with Gasteiger partial charge in [-0.05, 0) is 23.8 Å². The van der Waals surface area contributed by atoms with Gasteiger partial charge in [0, 0.05) is 30.3 Å². The third-order valence-electron chi connectivity index (χ3n) is 4.15. The first-order valence-electron chi connectivity index (χ1n) is 8.43. The molecule has 3 aromatic rings. The number of nitro benzene ring substituents is 1. The van der Waals surface area contributed by atoms with E-state index in [1.165, 1.54) is 29.5 Å². The molecular formula is C20H13N3O5S. The second kappa shape index (κ2) is 7.61. The van der Waals surface area contributed by atoms with E-state index < -0.39 is 10.8 Å². The first-order chi connectivity index (χ1) is 14.0. The highest BCUT2D eigenvalue weighted by Crippen LogP contribution is 2.36. The van der Waals surface area contributed by atoms with Crippen LogP contribution in [0.15, 0.2) is 47.5 Å². The van der Waals surface area contributed by atoms with E-state index in [9.17, 15) is 14.9 Å². The van der Waals surface area contributed by atoms with Crippen molar-refractivity contribution in [3.63, 3.8) is 0 Å². The Kier molecular flexibility index (Phi) is 4.85. The maximum Gasteiger partial charge on any atom is 0.272 e. The number of fused-ring (bicyclic) bond motifs is 2. The van der Waals surface area contributed by atoms with Gasteiger partial charge in [-0.25, -0.2) is 0 Å². The smallest absolute Gasteiger partial charge is 0.272 e. The molecule has 0 aliphatic carbocycles. The highest BCUT2D eigenvalue weighted by molar-refractivity contribution is 7.16. The van der Waals surface area contributed by atoms with Gasteiger partial charge in [-0.2, -0.15) is 4.99 Å². The van der Waals surface area contributed by atoms with E-state index in [1.807, 2.05) is 12.1 Å². The second-order valence-electron chi connectivity index (χ2n) is 5.98. The first kappa shape index (κ1) is 18.5. The molecule has 0 unspecified atom stereocenters. The van der Waals surface area contributed by atoms with Gasteiger partial charge in [-0.1, -0.05) is 17.3 Å². The molecule has 8 nitrogen and oxygen atoms in total. The zero-order chi connectivity index (χ0) is 20.4. The summed E-state index contributed by atoms with van der Waals surface area (Å²) in [4.78, 5) is 27.1. The Hall–Kier alpha value is -3.90. The van der Waals surface area contributed by atoms with Crippen molar-refractivity contribution >= 4 is 39.2 Å². The number of nitrogens with zero attached hydrogens (tertiary/aromatic N) is 3. The summed E-state index contributed by atoms with van der Waals surface area (Å²) in [6.45, 7) is 0.419. The van der Waals surface area contributed by atoms with Crippen LogP contribution in [-0.2, 0) is 11.3 Å². The lowest BCUT2D eigenvalue weighted by molar-refractivity contribution is -0.384. The number of terminal acetylenes is 1. The van der Waals surface area contributed by atoms with Crippen molar-refractivity contribution in [1.82, 2.24) is 4.57 Å². The number of hydrogen-bond acceptors (Lipinski definition) is 6. The van der Waals surface area contributed by atoms with E-state index in [0.29, 0.717) is 21.9 Å². The van der Waals surface area contributed by atoms with E-state index >= 15 is 0 Å². The predicted octanol–water partition coefficient (Wildman–Crippen LogP) is 3.11. The topological polar surface area (TPSA) is 96.0 Å². The van der Waals surface area contributed by atoms with E-state index in [-0.39, 0.29) is 19.0 Å². The fourth-order valence-corrected chi connectivity index (χ4v) is 3.84. The number of thiazole rings is 1. The monoisotopic (exact) mass is 407 g/mol. The Morgan fingerprint density at radius 3 is 2.72 bits per heavy atom. The standard InChI is InChI=1S/C20H13N3O5S/c1-2-9-22-15-10-16-17(28-12-27-16)11-18(15)29-20(22)21-19(24)8-5-13-3-6-14(7-4-13)23(25)26/h1,3-8,10-11H,9,12H2. The largest absolute Gasteiger partial charge is 0.454 e. The molecule has 1 aromatic heterocycles. The molecular weight excluding hydrogens is 394 g/mol. The zero-order valence-electron chi connectivity index (χ0n) is 14.9. The van der Waals surface area contributed by atoms with Gasteiger partial charge in [0.25, 0.3) is 11.6 Å². The van der Waals surface area contributed by atoms with Gasteiger partial charge in [-0.3, -0.25) is 14.9 Å². The fourth-order valence-electron chi connectivity index (χ4n) is 2.80. The van der Waals surface area contributed by atoms with E-state index in [2.05, 4.69) is 10.9 Å². The number of non-ortho nitro benzene ring substituents is 1. The quantitative estimate of drug-likeness (QED) is 0.287. The first-order valence-corrected chi connectivity index (χ1v) is 9.24. The van der Waals surface area contributed by atoms with Gasteiger partial charge in [0.05, 0.1) is 21.7 Å². The van der Waals surface area contributed by atoms with Crippen molar-refractivity contribution in [2.45, 2.75) is 6.54 Å². The highest BCUT2D eigenvalue weighted by atomic mass is 32.1. The minimum atomic E-state index is -0.481. The van der Waals surface area contributed by atoms with Gasteiger partial charge >= 0.3 is 0 Å². The van der Waals surface area contributed by atoms with Crippen LogP contribution in [0.2, 0.25) is 0 Å². The maximum atomic E-state index is 12.3. The Balaban J connectivity index is 1.66. The normalized spacial score (nSPS) is 13.1. The second-order valence-corrected chi connectivity index (χ2v) is 6.99. The van der Waals surface area contributed by atoms with Crippen LogP contribution in [0.1, 0.15) is 5.56 Å². The number of nitro groups is 1. The average Bonchev–Trinajstić information content (AvgIpc) is 3.29. The number of carbonyl (C=O) groups is 1. The summed E-state index contributed by atoms with van der Waals surface area (Å²) in [5, 5.41) is 10.7. The molecule has 144 valence electrons. The molecule has 0 spiro atoms. The van der Waals surface area contributed by atoms with E-state index in [0.717, 1.165) is 10.2 Å². The van der Waals surface area contributed by atoms with Gasteiger partial charge in [-0.15, -0.1) is 6.42 Å². The Labute approximate surface area is 168 Å². The molecule has 0 atom stereocenters. The molecule has 1 aliphatic rings. The minimum absolute atomic E-state index is 0.0152. The molecule has 0 radical (unpaired) electrons. The van der Waals surface area contributed by atoms with Crippen molar-refractivity contribution in [3.05, 3.63) is 63.0 Å². The lowest BCUT2D eigenvalue weighted by atomic mass is 10.2. The molecule has 1 aliphatic heterocycles. The summed E-state index contributed by atoms with van der Waals surface area (Å²) in [6, 6.07) is 9.52. The molecule has 4 rings (SSSR count). The van der Waals surface area contributed by atoms with Gasteiger partial charge < -0.3 is 14.0 Å². The van der Waals surface area contributed by atoms with Gasteiger partial charge in [0.1, 0.15) is 0 Å². The summed E-state index contributed by atoms with van der Waals surface area (Å²) in [7, 11) is 0. The Bertz CT molecular complexity index is 1260. The summed E-state index contributed by atoms with van der Waals surface area (Å²) in [5.74, 6) is 3.36. The number of benzene rings is 2. The van der Waals surface area contributed by atoms with Crippen LogP contribution in [0.4, 0.5) is 5.69 Å². The van der Waals surface area contributed by atoms with Crippen molar-refractivity contribution in [1.29, 1.82) is 0 Å². The number of rotatable bonds is 4. The third kappa shape index (κ3) is 3.74. The number of amides is 1. The molecule has 0 saturated carbocycles. The number of aromatic nitrogens is 1. The van der Waals surface area contributed by atoms with Crippen LogP contribution in [0.5, 0.6) is 11.5 Å². The van der Waals surface area contributed by atoms with Crippen molar-refractivity contribution < 1.29 is 19.2 Å². The maximum absolute atomic E-state index is 12.3. The fraction of sp³-hybridized carbons (Fsp3) is 0.100. The van der Waals surface area contributed by atoms with Crippen LogP contribution >= 0.6 is 11.3 Å². The Morgan fingerprint density at radius 1 is 1.31 bits per heavy atom. The van der Waals surface area contributed by atoms with Gasteiger partial charge in [0.2, 0.25) is 6.79 Å². The molecule has 2 aromatic carbocycles. The van der Waals surface area contributed by atoms with Gasteiger partial charge in [0.15, 0.2) is 16.3 Å². The summed E-state index contributed by atoms with van der Waals surface area (Å²) >= 11 is 1.32. The molecule has 0 N–H and O–H groups in total. The van der Waals surface area contributed by atoms with Crippen molar-refractivity contribution in [2.75, 3.05) is 6.79 Å². The van der Waals surface area contributed by atoms with E-state index in [1.54, 1.807) is 22.8 Å². The number of hydrogen-bond donors (Lipinski definition) is 0. The zero-order valence-corrected chi connectivity index (χ0v) is 15.7. The molecule has 29 heavy (non-hydrogen) atoms. The molecule has 0 saturated heterocycles. The van der Waals surface area contributed by atoms with Crippen LogP contribution in [0.25, 0.3) is 16.3 Å². The lowest BCUT2D eigenvalue weighted by Gasteiger charge is -2.01. The summed E-state index contributed by atoms with van der Waals surface area (Å²) < 4.78 is 13.4. The van der Waals surface area contributed by atoms with Crippen molar-refractivity contribution in [2.24, 2.45) is 4.99 Å². The molecule has 0 bridgehead atoms. The molecule has 1 amide bonds. The van der Waals surface area contributed by atoms with Crippen LogP contribution < -0.4 is 14.3 Å². The minimum Gasteiger partial charge on any atom is -0.454 e. The summed E-state index contributed by atoms with van der Waals surface area (Å²) in [5.41, 5.74) is 1.44. The SMILES string of the molecule is C#CCn1c(=NC(=O)C=Cc2ccc([N+](=O)[O-])cc2)sc2cc3c(cc21)OCO3. The predicted molar refractivity (Wildman–Crippen MR) is 107 cm³/mol. The number of ether oxygens (including phenoxy) is 2. The third-order valence-corrected chi connectivity index (χ3v) is 5.20.